The molecule has 0 saturated carbocycles. The van der Waals surface area contributed by atoms with Crippen LogP contribution < -0.4 is 5.32 Å². The van der Waals surface area contributed by atoms with Gasteiger partial charge in [-0.2, -0.15) is 22.5 Å². The van der Waals surface area contributed by atoms with Gasteiger partial charge in [-0.1, -0.05) is 29.3 Å². The summed E-state index contributed by atoms with van der Waals surface area (Å²) in [6.07, 6.45) is 0. The Balaban J connectivity index is 2.38. The van der Waals surface area contributed by atoms with E-state index in [0.717, 1.165) is 0 Å². The van der Waals surface area contributed by atoms with E-state index >= 15 is 0 Å². The van der Waals surface area contributed by atoms with Crippen LogP contribution in [0.5, 0.6) is 0 Å². The first kappa shape index (κ1) is 15.9. The fraction of sp³-hybridized carbons (Fsp3) is 0.154. The minimum atomic E-state index is -1.73. The van der Waals surface area contributed by atoms with Gasteiger partial charge in [0.25, 0.3) is 11.9 Å². The van der Waals surface area contributed by atoms with Crippen LogP contribution in [0.25, 0.3) is 0 Å². The van der Waals surface area contributed by atoms with Gasteiger partial charge in [-0.15, -0.1) is 0 Å². The highest BCUT2D eigenvalue weighted by atomic mass is 35.5. The third-order valence-electron chi connectivity index (χ3n) is 2.79. The van der Waals surface area contributed by atoms with E-state index in [0.29, 0.717) is 10.6 Å². The molecule has 0 amide bonds. The molecule has 2 aromatic rings. The van der Waals surface area contributed by atoms with Crippen LogP contribution in [0, 0.1) is 23.5 Å². The van der Waals surface area contributed by atoms with Gasteiger partial charge in [-0.05, 0) is 24.6 Å². The van der Waals surface area contributed by atoms with Gasteiger partial charge in [0.15, 0.2) is 0 Å². The maximum Gasteiger partial charge on any atom is 0.253 e. The maximum atomic E-state index is 13.5. The van der Waals surface area contributed by atoms with Gasteiger partial charge in [0.05, 0.1) is 6.04 Å². The first-order chi connectivity index (χ1) is 9.81. The summed E-state index contributed by atoms with van der Waals surface area (Å²) in [6, 6.07) is 3.78. The Hall–Kier alpha value is -1.53. The van der Waals surface area contributed by atoms with Crippen LogP contribution in [0.4, 0.5) is 23.2 Å². The molecule has 1 N–H and O–H groups in total. The van der Waals surface area contributed by atoms with Crippen LogP contribution >= 0.6 is 23.2 Å². The summed E-state index contributed by atoms with van der Waals surface area (Å²) in [5.41, 5.74) is -0.490. The molecule has 0 aliphatic rings. The molecule has 112 valence electrons. The molecule has 2 nitrogen and oxygen atoms in total. The van der Waals surface area contributed by atoms with Crippen molar-refractivity contribution in [2.24, 2.45) is 0 Å². The van der Waals surface area contributed by atoms with Gasteiger partial charge < -0.3 is 5.32 Å². The molecule has 0 aliphatic carbocycles. The Bertz CT molecular complexity index is 668. The number of anilines is 1. The van der Waals surface area contributed by atoms with Gasteiger partial charge >= 0.3 is 0 Å². The van der Waals surface area contributed by atoms with Crippen LogP contribution in [0.15, 0.2) is 18.2 Å². The van der Waals surface area contributed by atoms with Gasteiger partial charge in [-0.3, -0.25) is 0 Å². The number of pyridine rings is 1. The minimum Gasteiger partial charge on any atom is -0.373 e. The number of halogens is 6. The van der Waals surface area contributed by atoms with E-state index in [4.69, 9.17) is 23.2 Å². The monoisotopic (exact) mass is 338 g/mol. The summed E-state index contributed by atoms with van der Waals surface area (Å²) in [6.45, 7) is 1.52. The zero-order valence-electron chi connectivity index (χ0n) is 10.5. The third-order valence-corrected chi connectivity index (χ3v) is 3.35. The Morgan fingerprint density at radius 2 is 1.62 bits per heavy atom. The number of aromatic nitrogens is 1. The second-order valence-electron chi connectivity index (χ2n) is 4.23. The van der Waals surface area contributed by atoms with Crippen molar-refractivity contribution < 1.29 is 17.6 Å². The quantitative estimate of drug-likeness (QED) is 0.620. The van der Waals surface area contributed by atoms with Crippen molar-refractivity contribution in [3.05, 3.63) is 57.3 Å². The molecule has 0 bridgehead atoms. The second kappa shape index (κ2) is 6.07. The summed E-state index contributed by atoms with van der Waals surface area (Å²) in [7, 11) is 0. The standard InChI is InChI=1S/C13H8Cl2F4N2/c1-5(7-3-2-6(14)4-8(7)15)20-11-9(16)12(18)21-13(19)10(11)17/h2-5H,1H3,(H,20,21). The number of rotatable bonds is 3. The van der Waals surface area contributed by atoms with Gasteiger partial charge in [0.1, 0.15) is 5.69 Å². The molecule has 8 heteroatoms. The molecule has 1 aromatic carbocycles. The van der Waals surface area contributed by atoms with Crippen LogP contribution in [0.3, 0.4) is 0 Å². The average molecular weight is 339 g/mol. The van der Waals surface area contributed by atoms with Crippen molar-refractivity contribution in [1.29, 1.82) is 0 Å². The molecular weight excluding hydrogens is 331 g/mol. The van der Waals surface area contributed by atoms with Crippen molar-refractivity contribution in [2.75, 3.05) is 5.32 Å². The first-order valence-corrected chi connectivity index (χ1v) is 6.48. The van der Waals surface area contributed by atoms with Gasteiger partial charge in [0, 0.05) is 10.0 Å². The smallest absolute Gasteiger partial charge is 0.253 e. The highest BCUT2D eigenvalue weighted by Gasteiger charge is 2.22. The number of nitrogens with zero attached hydrogens (tertiary/aromatic N) is 1. The first-order valence-electron chi connectivity index (χ1n) is 5.72. The maximum absolute atomic E-state index is 13.5. The van der Waals surface area contributed by atoms with E-state index in [2.05, 4.69) is 10.3 Å². The van der Waals surface area contributed by atoms with E-state index in [1.807, 2.05) is 0 Å². The third kappa shape index (κ3) is 3.22. The lowest BCUT2D eigenvalue weighted by Crippen LogP contribution is -2.13. The van der Waals surface area contributed by atoms with Gasteiger partial charge in [0.2, 0.25) is 11.6 Å². The van der Waals surface area contributed by atoms with Crippen LogP contribution in [-0.4, -0.2) is 4.98 Å². The molecular formula is C13H8Cl2F4N2. The number of hydrogen-bond donors (Lipinski definition) is 1. The van der Waals surface area contributed by atoms with E-state index in [-0.39, 0.29) is 5.02 Å². The minimum absolute atomic E-state index is 0.248. The van der Waals surface area contributed by atoms with Crippen molar-refractivity contribution in [3.8, 4) is 0 Å². The molecule has 0 radical (unpaired) electrons. The SMILES string of the molecule is CC(Nc1c(F)c(F)nc(F)c1F)c1ccc(Cl)cc1Cl. The summed E-state index contributed by atoms with van der Waals surface area (Å²) >= 11 is 11.7. The fourth-order valence-corrected chi connectivity index (χ4v) is 2.33. The van der Waals surface area contributed by atoms with Crippen molar-refractivity contribution in [3.63, 3.8) is 0 Å². The summed E-state index contributed by atoms with van der Waals surface area (Å²) < 4.78 is 53.1. The van der Waals surface area contributed by atoms with Crippen LogP contribution in [0.2, 0.25) is 10.0 Å². The van der Waals surface area contributed by atoms with Crippen LogP contribution in [0.1, 0.15) is 18.5 Å². The average Bonchev–Trinajstić information content (AvgIpc) is 2.41. The van der Waals surface area contributed by atoms with E-state index in [1.54, 1.807) is 0 Å². The highest BCUT2D eigenvalue weighted by Crippen LogP contribution is 2.31. The predicted octanol–water partition coefficient (Wildman–Crippen LogP) is 5.12. The molecule has 1 aromatic heterocycles. The fourth-order valence-electron chi connectivity index (χ4n) is 1.76. The molecule has 0 aliphatic heterocycles. The second-order valence-corrected chi connectivity index (χ2v) is 5.07. The lowest BCUT2D eigenvalue weighted by molar-refractivity contribution is 0.410. The predicted molar refractivity (Wildman–Crippen MR) is 72.6 cm³/mol. The highest BCUT2D eigenvalue weighted by molar-refractivity contribution is 6.35. The van der Waals surface area contributed by atoms with Crippen LogP contribution in [-0.2, 0) is 0 Å². The molecule has 0 saturated heterocycles. The molecule has 0 spiro atoms. The topological polar surface area (TPSA) is 24.9 Å². The summed E-state index contributed by atoms with van der Waals surface area (Å²) in [5, 5.41) is 2.97. The number of benzene rings is 1. The molecule has 2 rings (SSSR count). The van der Waals surface area contributed by atoms with Gasteiger partial charge in [-0.25, -0.2) is 0 Å². The Morgan fingerprint density at radius 3 is 2.14 bits per heavy atom. The largest absolute Gasteiger partial charge is 0.373 e. The van der Waals surface area contributed by atoms with Crippen molar-refractivity contribution in [1.82, 2.24) is 4.98 Å². The van der Waals surface area contributed by atoms with E-state index in [1.165, 1.54) is 25.1 Å². The molecule has 1 heterocycles. The number of hydrogen-bond acceptors (Lipinski definition) is 2. The lowest BCUT2D eigenvalue weighted by Gasteiger charge is -2.18. The van der Waals surface area contributed by atoms with E-state index in [9.17, 15) is 17.6 Å². The Kier molecular flexibility index (Phi) is 4.58. The normalized spacial score (nSPS) is 12.3. The van der Waals surface area contributed by atoms with E-state index < -0.39 is 35.3 Å². The molecule has 21 heavy (non-hydrogen) atoms. The summed E-state index contributed by atoms with van der Waals surface area (Å²) in [5.74, 6) is -6.67. The molecule has 0 fully saturated rings. The zero-order valence-corrected chi connectivity index (χ0v) is 12.0. The zero-order chi connectivity index (χ0) is 15.7. The molecule has 1 atom stereocenters. The molecule has 1 unspecified atom stereocenters. The van der Waals surface area contributed by atoms with Crippen molar-refractivity contribution >= 4 is 28.9 Å². The Labute approximate surface area is 127 Å². The number of nitrogens with one attached hydrogen (secondary N) is 1. The Morgan fingerprint density at radius 1 is 1.05 bits per heavy atom. The lowest BCUT2D eigenvalue weighted by atomic mass is 10.1. The summed E-state index contributed by atoms with van der Waals surface area (Å²) in [4.78, 5) is 2.48. The van der Waals surface area contributed by atoms with Crippen molar-refractivity contribution in [2.45, 2.75) is 13.0 Å².